The van der Waals surface area contributed by atoms with Gasteiger partial charge in [0.25, 0.3) is 0 Å². The Bertz CT molecular complexity index is 276. The molecule has 55 valence electrons. The van der Waals surface area contributed by atoms with E-state index in [-0.39, 0.29) is 0 Å². The summed E-state index contributed by atoms with van der Waals surface area (Å²) in [6, 6.07) is 8.34. The van der Waals surface area contributed by atoms with Gasteiger partial charge in [0, 0.05) is 12.1 Å². The van der Waals surface area contributed by atoms with E-state index < -0.39 is 0 Å². The third kappa shape index (κ3) is 1.32. The van der Waals surface area contributed by atoms with Crippen molar-refractivity contribution in [1.29, 1.82) is 0 Å². The maximum absolute atomic E-state index is 4.16. The van der Waals surface area contributed by atoms with Crippen molar-refractivity contribution in [3.05, 3.63) is 35.4 Å². The first-order valence-electron chi connectivity index (χ1n) is 3.97. The molecule has 0 saturated carbocycles. The van der Waals surface area contributed by atoms with Gasteiger partial charge >= 0.3 is 0 Å². The van der Waals surface area contributed by atoms with Crippen LogP contribution in [0.5, 0.6) is 0 Å². The average molecular weight is 144 g/mol. The molecule has 11 heavy (non-hydrogen) atoms. The fourth-order valence-corrected chi connectivity index (χ4v) is 1.34. The van der Waals surface area contributed by atoms with Crippen LogP contribution in [0.25, 0.3) is 0 Å². The molecule has 0 unspecified atom stereocenters. The van der Waals surface area contributed by atoms with Crippen molar-refractivity contribution in [2.45, 2.75) is 12.8 Å². The van der Waals surface area contributed by atoms with Crippen LogP contribution in [0, 0.1) is 0 Å². The molecular formula is C10H10N. The van der Waals surface area contributed by atoms with E-state index in [9.17, 15) is 0 Å². The van der Waals surface area contributed by atoms with Gasteiger partial charge in [0.2, 0.25) is 0 Å². The van der Waals surface area contributed by atoms with Crippen LogP contribution in [0.3, 0.4) is 0 Å². The molecule has 0 N–H and O–H groups in total. The first-order valence-corrected chi connectivity index (χ1v) is 3.97. The van der Waals surface area contributed by atoms with Crippen molar-refractivity contribution in [2.24, 2.45) is 4.99 Å². The minimum atomic E-state index is 0.925. The lowest BCUT2D eigenvalue weighted by Crippen LogP contribution is -1.88. The van der Waals surface area contributed by atoms with E-state index in [1.807, 2.05) is 6.07 Å². The smallest absolute Gasteiger partial charge is 0.0907 e. The highest BCUT2D eigenvalue weighted by Gasteiger charge is 2.01. The quantitative estimate of drug-likeness (QED) is 0.527. The SMILES string of the molecule is [C]1=NCCCc2ccccc21. The fraction of sp³-hybridized carbons (Fsp3) is 0.300. The van der Waals surface area contributed by atoms with Gasteiger partial charge in [0.15, 0.2) is 0 Å². The Labute approximate surface area is 66.8 Å². The van der Waals surface area contributed by atoms with E-state index in [0.29, 0.717) is 0 Å². The molecule has 0 fully saturated rings. The summed E-state index contributed by atoms with van der Waals surface area (Å²) in [5.74, 6) is 0. The molecule has 2 rings (SSSR count). The third-order valence-corrected chi connectivity index (χ3v) is 1.93. The van der Waals surface area contributed by atoms with Crippen LogP contribution >= 0.6 is 0 Å². The van der Waals surface area contributed by atoms with Gasteiger partial charge in [-0.1, -0.05) is 24.3 Å². The van der Waals surface area contributed by atoms with E-state index in [4.69, 9.17) is 0 Å². The summed E-state index contributed by atoms with van der Waals surface area (Å²) >= 11 is 0. The van der Waals surface area contributed by atoms with Crippen LogP contribution in [-0.2, 0) is 6.42 Å². The molecule has 1 nitrogen and oxygen atoms in total. The number of hydrogen-bond donors (Lipinski definition) is 0. The van der Waals surface area contributed by atoms with Crippen LogP contribution in [0.1, 0.15) is 17.5 Å². The molecule has 1 aromatic carbocycles. The van der Waals surface area contributed by atoms with Crippen molar-refractivity contribution < 1.29 is 0 Å². The van der Waals surface area contributed by atoms with Gasteiger partial charge < -0.3 is 0 Å². The van der Waals surface area contributed by atoms with Crippen LogP contribution in [0.4, 0.5) is 0 Å². The monoisotopic (exact) mass is 144 g/mol. The molecule has 1 aliphatic heterocycles. The largest absolute Gasteiger partial charge is 0.282 e. The third-order valence-electron chi connectivity index (χ3n) is 1.93. The second kappa shape index (κ2) is 2.87. The van der Waals surface area contributed by atoms with Gasteiger partial charge in [0.1, 0.15) is 0 Å². The van der Waals surface area contributed by atoms with Crippen molar-refractivity contribution in [3.63, 3.8) is 0 Å². The number of aryl methyl sites for hydroxylation is 1. The molecule has 0 aliphatic carbocycles. The molecule has 1 heteroatoms. The Morgan fingerprint density at radius 1 is 1.27 bits per heavy atom. The first kappa shape index (κ1) is 6.59. The minimum Gasteiger partial charge on any atom is -0.282 e. The molecular weight excluding hydrogens is 134 g/mol. The van der Waals surface area contributed by atoms with Crippen LogP contribution in [-0.4, -0.2) is 12.8 Å². The van der Waals surface area contributed by atoms with E-state index in [1.54, 1.807) is 0 Å². The predicted octanol–water partition coefficient (Wildman–Crippen LogP) is 1.93. The van der Waals surface area contributed by atoms with Crippen molar-refractivity contribution in [2.75, 3.05) is 6.54 Å². The summed E-state index contributed by atoms with van der Waals surface area (Å²) in [6.07, 6.45) is 5.35. The molecule has 0 spiro atoms. The van der Waals surface area contributed by atoms with E-state index in [2.05, 4.69) is 29.4 Å². The topological polar surface area (TPSA) is 12.4 Å². The van der Waals surface area contributed by atoms with Gasteiger partial charge in [-0.05, 0) is 18.4 Å². The summed E-state index contributed by atoms with van der Waals surface area (Å²) in [7, 11) is 0. The normalized spacial score (nSPS) is 15.6. The molecule has 0 aromatic heterocycles. The standard InChI is InChI=1S/C10H10N/c1-2-5-10-8-11-7-3-6-9(10)4-1/h1-2,4-5H,3,6-7H2. The molecule has 1 aliphatic rings. The molecule has 1 aromatic rings. The second-order valence-electron chi connectivity index (χ2n) is 2.75. The number of benzene rings is 1. The van der Waals surface area contributed by atoms with Gasteiger partial charge in [-0.3, -0.25) is 4.99 Å². The lowest BCUT2D eigenvalue weighted by Gasteiger charge is -1.98. The van der Waals surface area contributed by atoms with Crippen molar-refractivity contribution in [3.8, 4) is 0 Å². The highest BCUT2D eigenvalue weighted by atomic mass is 14.7. The van der Waals surface area contributed by atoms with Crippen LogP contribution in [0.15, 0.2) is 29.3 Å². The van der Waals surface area contributed by atoms with E-state index >= 15 is 0 Å². The zero-order valence-electron chi connectivity index (χ0n) is 6.38. The predicted molar refractivity (Wildman–Crippen MR) is 46.2 cm³/mol. The van der Waals surface area contributed by atoms with Crippen molar-refractivity contribution in [1.82, 2.24) is 0 Å². The highest BCUT2D eigenvalue weighted by Crippen LogP contribution is 2.11. The average Bonchev–Trinajstić information content (AvgIpc) is 2.28. The Balaban J connectivity index is 2.45. The molecule has 0 bridgehead atoms. The molecule has 0 atom stereocenters. The second-order valence-corrected chi connectivity index (χ2v) is 2.75. The summed E-state index contributed by atoms with van der Waals surface area (Å²) < 4.78 is 0. The lowest BCUT2D eigenvalue weighted by molar-refractivity contribution is 0.846. The number of fused-ring (bicyclic) bond motifs is 1. The van der Waals surface area contributed by atoms with Crippen molar-refractivity contribution >= 4 is 6.21 Å². The first-order chi connectivity index (χ1) is 5.47. The van der Waals surface area contributed by atoms with Gasteiger partial charge in [-0.2, -0.15) is 0 Å². The minimum absolute atomic E-state index is 0.925. The van der Waals surface area contributed by atoms with E-state index in [1.165, 1.54) is 11.1 Å². The maximum atomic E-state index is 4.16. The Hall–Kier alpha value is -1.11. The summed E-state index contributed by atoms with van der Waals surface area (Å²) in [5.41, 5.74) is 2.55. The number of aliphatic imine (C=N–C) groups is 1. The number of hydrogen-bond acceptors (Lipinski definition) is 1. The van der Waals surface area contributed by atoms with Crippen LogP contribution < -0.4 is 0 Å². The fourth-order valence-electron chi connectivity index (χ4n) is 1.34. The summed E-state index contributed by atoms with van der Waals surface area (Å²) in [6.45, 7) is 0.925. The Morgan fingerprint density at radius 3 is 3.18 bits per heavy atom. The number of rotatable bonds is 0. The Morgan fingerprint density at radius 2 is 2.18 bits per heavy atom. The molecule has 0 saturated heterocycles. The highest BCUT2D eigenvalue weighted by molar-refractivity contribution is 5.82. The zero-order chi connectivity index (χ0) is 7.52. The molecule has 0 amide bonds. The van der Waals surface area contributed by atoms with E-state index in [0.717, 1.165) is 19.4 Å². The molecule has 1 radical (unpaired) electrons. The van der Waals surface area contributed by atoms with Gasteiger partial charge in [0.05, 0.1) is 6.21 Å². The number of nitrogens with zero attached hydrogens (tertiary/aromatic N) is 1. The summed E-state index contributed by atoms with van der Waals surface area (Å²) in [5, 5.41) is 0. The summed E-state index contributed by atoms with van der Waals surface area (Å²) in [4.78, 5) is 4.16. The molecule has 1 heterocycles. The zero-order valence-corrected chi connectivity index (χ0v) is 6.38. The van der Waals surface area contributed by atoms with Crippen LogP contribution in [0.2, 0.25) is 0 Å². The van der Waals surface area contributed by atoms with Gasteiger partial charge in [-0.15, -0.1) is 0 Å². The maximum Gasteiger partial charge on any atom is 0.0907 e. The van der Waals surface area contributed by atoms with Gasteiger partial charge in [-0.25, -0.2) is 0 Å². The lowest BCUT2D eigenvalue weighted by atomic mass is 10.1. The Kier molecular flexibility index (Phi) is 1.72.